The predicted molar refractivity (Wildman–Crippen MR) is 129 cm³/mol. The SMILES string of the molecule is C[C@@H](O)[C@H](NC(=O)[C@H](Cc1ccccc1)NC(=O)CCN)C(=O)N[C@@H](Cc1ccccc1)C(=O)O. The third-order valence-corrected chi connectivity index (χ3v) is 5.27. The third kappa shape index (κ3) is 9.19. The Kier molecular flexibility index (Phi) is 10.9. The summed E-state index contributed by atoms with van der Waals surface area (Å²) in [6, 6.07) is 14.0. The van der Waals surface area contributed by atoms with Gasteiger partial charge in [-0.25, -0.2) is 4.79 Å². The van der Waals surface area contributed by atoms with Crippen molar-refractivity contribution in [3.63, 3.8) is 0 Å². The van der Waals surface area contributed by atoms with Crippen LogP contribution >= 0.6 is 0 Å². The van der Waals surface area contributed by atoms with Gasteiger partial charge >= 0.3 is 5.97 Å². The number of aliphatic hydroxyl groups excluding tert-OH is 1. The number of carbonyl (C=O) groups is 4. The number of nitrogens with one attached hydrogen (secondary N) is 3. The normalized spacial score (nSPS) is 14.1. The molecule has 0 heterocycles. The fourth-order valence-electron chi connectivity index (χ4n) is 3.43. The molecule has 188 valence electrons. The summed E-state index contributed by atoms with van der Waals surface area (Å²) < 4.78 is 0. The Morgan fingerprint density at radius 3 is 1.77 bits per heavy atom. The molecular formula is C25H32N4O6. The molecule has 0 aliphatic carbocycles. The maximum Gasteiger partial charge on any atom is 0.326 e. The molecule has 2 rings (SSSR count). The van der Waals surface area contributed by atoms with Crippen LogP contribution in [0.3, 0.4) is 0 Å². The number of carbonyl (C=O) groups excluding carboxylic acids is 3. The molecular weight excluding hydrogens is 452 g/mol. The van der Waals surface area contributed by atoms with Crippen LogP contribution in [0.15, 0.2) is 60.7 Å². The molecule has 0 aliphatic rings. The van der Waals surface area contributed by atoms with Crippen molar-refractivity contribution in [1.29, 1.82) is 0 Å². The van der Waals surface area contributed by atoms with Crippen molar-refractivity contribution in [3.05, 3.63) is 71.8 Å². The highest BCUT2D eigenvalue weighted by Gasteiger charge is 2.32. The molecule has 0 bridgehead atoms. The molecule has 7 N–H and O–H groups in total. The molecule has 0 aromatic heterocycles. The largest absolute Gasteiger partial charge is 0.480 e. The summed E-state index contributed by atoms with van der Waals surface area (Å²) in [6.07, 6.45) is -1.15. The van der Waals surface area contributed by atoms with Crippen molar-refractivity contribution in [2.24, 2.45) is 5.73 Å². The Morgan fingerprint density at radius 2 is 1.31 bits per heavy atom. The number of rotatable bonds is 13. The molecule has 0 unspecified atom stereocenters. The molecule has 3 amide bonds. The topological polar surface area (TPSA) is 171 Å². The van der Waals surface area contributed by atoms with Crippen molar-refractivity contribution in [1.82, 2.24) is 16.0 Å². The third-order valence-electron chi connectivity index (χ3n) is 5.27. The first-order chi connectivity index (χ1) is 16.7. The first-order valence-corrected chi connectivity index (χ1v) is 11.3. The van der Waals surface area contributed by atoms with Crippen molar-refractivity contribution in [2.75, 3.05) is 6.54 Å². The number of nitrogens with two attached hydrogens (primary N) is 1. The van der Waals surface area contributed by atoms with Crippen LogP contribution in [0.4, 0.5) is 0 Å². The zero-order valence-corrected chi connectivity index (χ0v) is 19.5. The average molecular weight is 485 g/mol. The van der Waals surface area contributed by atoms with Gasteiger partial charge in [0.05, 0.1) is 6.10 Å². The molecule has 0 aliphatic heterocycles. The van der Waals surface area contributed by atoms with E-state index in [1.807, 2.05) is 6.07 Å². The second-order valence-electron chi connectivity index (χ2n) is 8.16. The number of benzene rings is 2. The van der Waals surface area contributed by atoms with Gasteiger partial charge in [-0.2, -0.15) is 0 Å². The number of hydrogen-bond donors (Lipinski definition) is 6. The minimum atomic E-state index is -1.44. The Morgan fingerprint density at radius 1 is 0.800 bits per heavy atom. The van der Waals surface area contributed by atoms with Crippen LogP contribution < -0.4 is 21.7 Å². The molecule has 2 aromatic rings. The Balaban J connectivity index is 2.14. The van der Waals surface area contributed by atoms with Crippen LogP contribution in [0, 0.1) is 0 Å². The standard InChI is InChI=1S/C25H32N4O6/c1-16(30)22(24(33)28-20(25(34)35)15-18-10-6-3-7-11-18)29-23(32)19(27-21(31)12-13-26)14-17-8-4-2-5-9-17/h2-11,16,19-20,22,30H,12-15,26H2,1H3,(H,27,31)(H,28,33)(H,29,32)(H,34,35)/t16-,19+,20+,22+/m1/s1. The van der Waals surface area contributed by atoms with Gasteiger partial charge in [-0.1, -0.05) is 60.7 Å². The number of carboxylic acids is 1. The van der Waals surface area contributed by atoms with E-state index in [1.54, 1.807) is 54.6 Å². The van der Waals surface area contributed by atoms with Crippen molar-refractivity contribution < 1.29 is 29.4 Å². The fourth-order valence-corrected chi connectivity index (χ4v) is 3.43. The number of aliphatic hydroxyl groups is 1. The van der Waals surface area contributed by atoms with Crippen LogP contribution in [-0.4, -0.2) is 64.7 Å². The summed E-state index contributed by atoms with van der Waals surface area (Å²) in [7, 11) is 0. The minimum Gasteiger partial charge on any atom is -0.480 e. The summed E-state index contributed by atoms with van der Waals surface area (Å²) in [6.45, 7) is 1.40. The number of aliphatic carboxylic acids is 1. The molecule has 0 saturated heterocycles. The van der Waals surface area contributed by atoms with E-state index in [0.29, 0.717) is 5.56 Å². The first kappa shape index (κ1) is 27.5. The zero-order valence-electron chi connectivity index (χ0n) is 19.5. The highest BCUT2D eigenvalue weighted by atomic mass is 16.4. The van der Waals surface area contributed by atoms with Gasteiger partial charge in [0.15, 0.2) is 0 Å². The summed E-state index contributed by atoms with van der Waals surface area (Å²) in [5, 5.41) is 27.2. The molecule has 4 atom stereocenters. The van der Waals surface area contributed by atoms with E-state index in [2.05, 4.69) is 16.0 Å². The molecule has 10 nitrogen and oxygen atoms in total. The highest BCUT2D eigenvalue weighted by Crippen LogP contribution is 2.07. The molecule has 2 aromatic carbocycles. The average Bonchev–Trinajstić information content (AvgIpc) is 2.82. The second kappa shape index (κ2) is 13.8. The Bertz CT molecular complexity index is 984. The molecule has 0 spiro atoms. The number of amides is 3. The van der Waals surface area contributed by atoms with Gasteiger partial charge in [-0.3, -0.25) is 14.4 Å². The van der Waals surface area contributed by atoms with E-state index < -0.39 is 47.9 Å². The van der Waals surface area contributed by atoms with E-state index in [1.165, 1.54) is 6.92 Å². The van der Waals surface area contributed by atoms with Crippen LogP contribution in [0.5, 0.6) is 0 Å². The Labute approximate surface area is 203 Å². The summed E-state index contributed by atoms with van der Waals surface area (Å²) in [4.78, 5) is 49.8. The number of hydrogen-bond acceptors (Lipinski definition) is 6. The molecule has 35 heavy (non-hydrogen) atoms. The summed E-state index contributed by atoms with van der Waals surface area (Å²) in [5.74, 6) is -3.25. The van der Waals surface area contributed by atoms with Gasteiger partial charge in [-0.15, -0.1) is 0 Å². The van der Waals surface area contributed by atoms with Crippen LogP contribution in [-0.2, 0) is 32.0 Å². The maximum atomic E-state index is 13.1. The lowest BCUT2D eigenvalue weighted by atomic mass is 10.0. The lowest BCUT2D eigenvalue weighted by Gasteiger charge is -2.26. The highest BCUT2D eigenvalue weighted by molar-refractivity contribution is 5.94. The fraction of sp³-hybridized carbons (Fsp3) is 0.360. The van der Waals surface area contributed by atoms with Gasteiger partial charge in [-0.05, 0) is 18.1 Å². The van der Waals surface area contributed by atoms with Crippen LogP contribution in [0.2, 0.25) is 0 Å². The summed E-state index contributed by atoms with van der Waals surface area (Å²) in [5.41, 5.74) is 6.89. The van der Waals surface area contributed by atoms with E-state index in [-0.39, 0.29) is 25.8 Å². The van der Waals surface area contributed by atoms with Crippen molar-refractivity contribution in [3.8, 4) is 0 Å². The molecule has 0 saturated carbocycles. The first-order valence-electron chi connectivity index (χ1n) is 11.3. The lowest BCUT2D eigenvalue weighted by molar-refractivity contribution is -0.143. The van der Waals surface area contributed by atoms with Crippen LogP contribution in [0.25, 0.3) is 0 Å². The van der Waals surface area contributed by atoms with Gasteiger partial charge in [0.25, 0.3) is 0 Å². The second-order valence-corrected chi connectivity index (χ2v) is 8.16. The van der Waals surface area contributed by atoms with Crippen molar-refractivity contribution >= 4 is 23.7 Å². The van der Waals surface area contributed by atoms with Gasteiger partial charge in [0, 0.05) is 25.8 Å². The smallest absolute Gasteiger partial charge is 0.326 e. The van der Waals surface area contributed by atoms with E-state index in [4.69, 9.17) is 5.73 Å². The molecule has 10 heteroatoms. The van der Waals surface area contributed by atoms with E-state index in [9.17, 15) is 29.4 Å². The molecule has 0 fully saturated rings. The van der Waals surface area contributed by atoms with E-state index >= 15 is 0 Å². The maximum absolute atomic E-state index is 13.1. The van der Waals surface area contributed by atoms with Gasteiger partial charge < -0.3 is 31.9 Å². The zero-order chi connectivity index (χ0) is 25.8. The Hall–Kier alpha value is -3.76. The quantitative estimate of drug-likeness (QED) is 0.227. The lowest BCUT2D eigenvalue weighted by Crippen LogP contribution is -2.59. The monoisotopic (exact) mass is 484 g/mol. The van der Waals surface area contributed by atoms with Crippen molar-refractivity contribution in [2.45, 2.75) is 50.4 Å². The van der Waals surface area contributed by atoms with E-state index in [0.717, 1.165) is 5.56 Å². The van der Waals surface area contributed by atoms with Gasteiger partial charge in [0.1, 0.15) is 18.1 Å². The predicted octanol–water partition coefficient (Wildman–Crippen LogP) is -0.260. The van der Waals surface area contributed by atoms with Gasteiger partial charge in [0.2, 0.25) is 17.7 Å². The molecule has 0 radical (unpaired) electrons. The number of carboxylic acid groups (broad SMARTS) is 1. The minimum absolute atomic E-state index is 0.0126. The summed E-state index contributed by atoms with van der Waals surface area (Å²) >= 11 is 0. The van der Waals surface area contributed by atoms with Crippen LogP contribution in [0.1, 0.15) is 24.5 Å².